The van der Waals surface area contributed by atoms with Gasteiger partial charge >= 0.3 is 0 Å². The average Bonchev–Trinajstić information content (AvgIpc) is 2.87. The van der Waals surface area contributed by atoms with Crippen molar-refractivity contribution in [3.05, 3.63) is 53.3 Å². The molecule has 0 fully saturated rings. The lowest BCUT2D eigenvalue weighted by molar-refractivity contribution is 0.590. The van der Waals surface area contributed by atoms with E-state index in [-0.39, 0.29) is 0 Å². The largest absolute Gasteiger partial charge is 0.312 e. The summed E-state index contributed by atoms with van der Waals surface area (Å²) in [5.74, 6) is 0.445. The van der Waals surface area contributed by atoms with E-state index in [0.717, 1.165) is 19.6 Å². The molecule has 3 rings (SSSR count). The predicted molar refractivity (Wildman–Crippen MR) is 67.9 cm³/mol. The molecule has 3 nitrogen and oxygen atoms in total. The number of benzene rings is 1. The van der Waals surface area contributed by atoms with Crippen LogP contribution >= 0.6 is 0 Å². The fourth-order valence-corrected chi connectivity index (χ4v) is 2.53. The molecule has 0 saturated heterocycles. The molecule has 1 aliphatic rings. The van der Waals surface area contributed by atoms with Crippen molar-refractivity contribution in [2.24, 2.45) is 0 Å². The quantitative estimate of drug-likeness (QED) is 0.852. The number of aromatic nitrogens is 2. The van der Waals surface area contributed by atoms with Gasteiger partial charge in [0.25, 0.3) is 0 Å². The maximum absolute atomic E-state index is 4.37. The standard InChI is InChI=1S/C14H17N3/c1-2-17-10-12(8-16-17)14-9-15-7-11-5-3-4-6-13(11)14/h3-6,8,10,14-15H,2,7,9H2,1H3. The molecule has 3 heteroatoms. The van der Waals surface area contributed by atoms with Gasteiger partial charge in [0.05, 0.1) is 6.20 Å². The molecule has 17 heavy (non-hydrogen) atoms. The van der Waals surface area contributed by atoms with E-state index in [1.165, 1.54) is 16.7 Å². The Bertz CT molecular complexity index is 516. The highest BCUT2D eigenvalue weighted by molar-refractivity contribution is 5.38. The summed E-state index contributed by atoms with van der Waals surface area (Å²) in [6.07, 6.45) is 4.16. The molecule has 1 aliphatic heterocycles. The van der Waals surface area contributed by atoms with Gasteiger partial charge < -0.3 is 5.32 Å². The fourth-order valence-electron chi connectivity index (χ4n) is 2.53. The molecule has 0 amide bonds. The molecule has 88 valence electrons. The van der Waals surface area contributed by atoms with Crippen LogP contribution in [0, 0.1) is 0 Å². The third-order valence-electron chi connectivity index (χ3n) is 3.47. The van der Waals surface area contributed by atoms with E-state index in [2.05, 4.69) is 47.8 Å². The lowest BCUT2D eigenvalue weighted by atomic mass is 9.87. The first-order valence-corrected chi connectivity index (χ1v) is 6.19. The van der Waals surface area contributed by atoms with Gasteiger partial charge in [-0.05, 0) is 23.6 Å². The van der Waals surface area contributed by atoms with Crippen LogP contribution in [-0.4, -0.2) is 16.3 Å². The molecule has 0 spiro atoms. The summed E-state index contributed by atoms with van der Waals surface area (Å²) in [5.41, 5.74) is 4.17. The Morgan fingerprint density at radius 1 is 1.41 bits per heavy atom. The van der Waals surface area contributed by atoms with Gasteiger partial charge in [-0.2, -0.15) is 5.10 Å². The normalized spacial score (nSPS) is 19.0. The van der Waals surface area contributed by atoms with Crippen molar-refractivity contribution in [3.8, 4) is 0 Å². The Hall–Kier alpha value is -1.61. The number of rotatable bonds is 2. The van der Waals surface area contributed by atoms with Gasteiger partial charge in [0.15, 0.2) is 0 Å². The summed E-state index contributed by atoms with van der Waals surface area (Å²) < 4.78 is 1.99. The molecule has 1 aromatic carbocycles. The number of nitrogens with one attached hydrogen (secondary N) is 1. The zero-order valence-corrected chi connectivity index (χ0v) is 10.1. The van der Waals surface area contributed by atoms with Crippen molar-refractivity contribution in [2.45, 2.75) is 25.9 Å². The van der Waals surface area contributed by atoms with E-state index >= 15 is 0 Å². The topological polar surface area (TPSA) is 29.9 Å². The highest BCUT2D eigenvalue weighted by Crippen LogP contribution is 2.29. The second-order valence-corrected chi connectivity index (χ2v) is 4.51. The lowest BCUT2D eigenvalue weighted by Crippen LogP contribution is -2.28. The number of hydrogen-bond acceptors (Lipinski definition) is 2. The van der Waals surface area contributed by atoms with E-state index in [0.29, 0.717) is 5.92 Å². The van der Waals surface area contributed by atoms with Gasteiger partial charge in [-0.1, -0.05) is 24.3 Å². The summed E-state index contributed by atoms with van der Waals surface area (Å²) >= 11 is 0. The highest BCUT2D eigenvalue weighted by Gasteiger charge is 2.21. The van der Waals surface area contributed by atoms with Gasteiger partial charge in [0, 0.05) is 31.7 Å². The molecule has 1 aromatic heterocycles. The minimum Gasteiger partial charge on any atom is -0.312 e. The van der Waals surface area contributed by atoms with E-state index in [1.54, 1.807) is 0 Å². The van der Waals surface area contributed by atoms with Crippen LogP contribution in [0.15, 0.2) is 36.7 Å². The molecule has 0 bridgehead atoms. The molecule has 2 heterocycles. The molecule has 0 radical (unpaired) electrons. The van der Waals surface area contributed by atoms with Crippen LogP contribution in [-0.2, 0) is 13.1 Å². The smallest absolute Gasteiger partial charge is 0.0528 e. The monoisotopic (exact) mass is 227 g/mol. The molecule has 1 atom stereocenters. The number of aryl methyl sites for hydroxylation is 1. The minimum absolute atomic E-state index is 0.445. The lowest BCUT2D eigenvalue weighted by Gasteiger charge is -2.25. The van der Waals surface area contributed by atoms with Gasteiger partial charge in [-0.3, -0.25) is 4.68 Å². The first kappa shape index (κ1) is 10.5. The highest BCUT2D eigenvalue weighted by atomic mass is 15.3. The Kier molecular flexibility index (Phi) is 2.69. The van der Waals surface area contributed by atoms with E-state index in [9.17, 15) is 0 Å². The molecule has 0 saturated carbocycles. The molecule has 0 aliphatic carbocycles. The van der Waals surface area contributed by atoms with Crippen LogP contribution in [0.5, 0.6) is 0 Å². The summed E-state index contributed by atoms with van der Waals surface area (Å²) in [6, 6.07) is 8.68. The van der Waals surface area contributed by atoms with Gasteiger partial charge in [-0.15, -0.1) is 0 Å². The van der Waals surface area contributed by atoms with Crippen molar-refractivity contribution in [1.29, 1.82) is 0 Å². The first-order valence-electron chi connectivity index (χ1n) is 6.19. The van der Waals surface area contributed by atoms with Crippen LogP contribution < -0.4 is 5.32 Å². The van der Waals surface area contributed by atoms with Gasteiger partial charge in [0.1, 0.15) is 0 Å². The molecular formula is C14H17N3. The van der Waals surface area contributed by atoms with Crippen LogP contribution in [0.1, 0.15) is 29.5 Å². The zero-order valence-electron chi connectivity index (χ0n) is 10.1. The van der Waals surface area contributed by atoms with Crippen LogP contribution in [0.3, 0.4) is 0 Å². The van der Waals surface area contributed by atoms with E-state index in [1.807, 2.05) is 10.9 Å². The Morgan fingerprint density at radius 2 is 2.29 bits per heavy atom. The fraction of sp³-hybridized carbons (Fsp3) is 0.357. The molecule has 2 aromatic rings. The van der Waals surface area contributed by atoms with Crippen molar-refractivity contribution in [2.75, 3.05) is 6.54 Å². The summed E-state index contributed by atoms with van der Waals surface area (Å²) in [4.78, 5) is 0. The van der Waals surface area contributed by atoms with Gasteiger partial charge in [0.2, 0.25) is 0 Å². The summed E-state index contributed by atoms with van der Waals surface area (Å²) in [6.45, 7) is 5.03. The van der Waals surface area contributed by atoms with Gasteiger partial charge in [-0.25, -0.2) is 0 Å². The first-order chi connectivity index (χ1) is 8.38. The van der Waals surface area contributed by atoms with Crippen LogP contribution in [0.4, 0.5) is 0 Å². The van der Waals surface area contributed by atoms with Crippen LogP contribution in [0.2, 0.25) is 0 Å². The van der Waals surface area contributed by atoms with Crippen molar-refractivity contribution in [3.63, 3.8) is 0 Å². The zero-order chi connectivity index (χ0) is 11.7. The summed E-state index contributed by atoms with van der Waals surface area (Å²) in [5, 5.41) is 7.85. The molecule has 1 unspecified atom stereocenters. The number of hydrogen-bond donors (Lipinski definition) is 1. The van der Waals surface area contributed by atoms with Crippen molar-refractivity contribution in [1.82, 2.24) is 15.1 Å². The minimum atomic E-state index is 0.445. The van der Waals surface area contributed by atoms with Crippen LogP contribution in [0.25, 0.3) is 0 Å². The molecular weight excluding hydrogens is 210 g/mol. The second-order valence-electron chi connectivity index (χ2n) is 4.51. The number of fused-ring (bicyclic) bond motifs is 1. The Balaban J connectivity index is 1.99. The third-order valence-corrected chi connectivity index (χ3v) is 3.47. The number of nitrogens with zero attached hydrogens (tertiary/aromatic N) is 2. The Labute approximate surface area is 101 Å². The SMILES string of the molecule is CCn1cc(C2CNCc3ccccc32)cn1. The molecule has 1 N–H and O–H groups in total. The summed E-state index contributed by atoms with van der Waals surface area (Å²) in [7, 11) is 0. The van der Waals surface area contributed by atoms with E-state index in [4.69, 9.17) is 0 Å². The maximum Gasteiger partial charge on any atom is 0.0528 e. The van der Waals surface area contributed by atoms with E-state index < -0.39 is 0 Å². The van der Waals surface area contributed by atoms with Crippen molar-refractivity contribution < 1.29 is 0 Å². The second kappa shape index (κ2) is 4.34. The average molecular weight is 227 g/mol. The van der Waals surface area contributed by atoms with Crippen molar-refractivity contribution >= 4 is 0 Å². The predicted octanol–water partition coefficient (Wildman–Crippen LogP) is 2.14. The third kappa shape index (κ3) is 1.87. The maximum atomic E-state index is 4.37. The Morgan fingerprint density at radius 3 is 3.12 bits per heavy atom.